The zero-order valence-corrected chi connectivity index (χ0v) is 11.7. The van der Waals surface area contributed by atoms with Crippen molar-refractivity contribution in [2.75, 3.05) is 13.1 Å². The maximum absolute atomic E-state index is 12.4. The van der Waals surface area contributed by atoms with Crippen LogP contribution in [-0.4, -0.2) is 40.1 Å². The number of aliphatic hydroxyl groups excluding tert-OH is 1. The molecule has 0 saturated carbocycles. The first kappa shape index (κ1) is 13.2. The molecule has 20 heavy (non-hydrogen) atoms. The number of likely N-dealkylation sites (tertiary alicyclic amines) is 1. The van der Waals surface area contributed by atoms with Crippen molar-refractivity contribution in [1.82, 2.24) is 9.88 Å². The van der Waals surface area contributed by atoms with Crippen molar-refractivity contribution in [2.24, 2.45) is 5.92 Å². The van der Waals surface area contributed by atoms with Crippen LogP contribution in [0.2, 0.25) is 0 Å². The minimum atomic E-state index is -0.333. The number of hydrogen-bond donors (Lipinski definition) is 2. The number of fused-ring (bicyclic) bond motifs is 1. The van der Waals surface area contributed by atoms with Crippen molar-refractivity contribution in [2.45, 2.75) is 25.9 Å². The number of nitrogens with one attached hydrogen (secondary N) is 1. The number of aliphatic hydroxyl groups is 1. The Balaban J connectivity index is 1.70. The van der Waals surface area contributed by atoms with E-state index in [2.05, 4.69) is 4.98 Å². The van der Waals surface area contributed by atoms with E-state index in [1.54, 1.807) is 6.92 Å². The summed E-state index contributed by atoms with van der Waals surface area (Å²) in [5.41, 5.74) is 2.12. The third-order valence-electron chi connectivity index (χ3n) is 4.28. The van der Waals surface area contributed by atoms with E-state index < -0.39 is 0 Å². The summed E-state index contributed by atoms with van der Waals surface area (Å²) in [4.78, 5) is 17.4. The Hall–Kier alpha value is -1.81. The number of carbonyl (C=O) groups excluding carboxylic acids is 1. The molecular weight excluding hydrogens is 252 g/mol. The summed E-state index contributed by atoms with van der Waals surface area (Å²) in [5, 5.41) is 10.7. The molecule has 0 spiro atoms. The molecule has 1 aliphatic heterocycles. The van der Waals surface area contributed by atoms with Gasteiger partial charge in [0.2, 0.25) is 5.91 Å². The van der Waals surface area contributed by atoms with Crippen LogP contribution in [0, 0.1) is 5.92 Å². The highest BCUT2D eigenvalue weighted by atomic mass is 16.3. The lowest BCUT2D eigenvalue weighted by molar-refractivity contribution is -0.129. The second kappa shape index (κ2) is 5.29. The Bertz CT molecular complexity index is 618. The highest BCUT2D eigenvalue weighted by molar-refractivity contribution is 5.88. The van der Waals surface area contributed by atoms with Gasteiger partial charge in [0.05, 0.1) is 12.5 Å². The van der Waals surface area contributed by atoms with Crippen molar-refractivity contribution in [3.8, 4) is 0 Å². The van der Waals surface area contributed by atoms with Crippen molar-refractivity contribution in [1.29, 1.82) is 0 Å². The fourth-order valence-corrected chi connectivity index (χ4v) is 2.96. The van der Waals surface area contributed by atoms with Crippen LogP contribution in [-0.2, 0) is 11.2 Å². The first-order valence-electron chi connectivity index (χ1n) is 7.16. The molecule has 2 unspecified atom stereocenters. The summed E-state index contributed by atoms with van der Waals surface area (Å²) < 4.78 is 0. The van der Waals surface area contributed by atoms with Gasteiger partial charge in [0.1, 0.15) is 0 Å². The van der Waals surface area contributed by atoms with E-state index in [9.17, 15) is 9.90 Å². The van der Waals surface area contributed by atoms with Crippen molar-refractivity contribution < 1.29 is 9.90 Å². The molecule has 0 aliphatic carbocycles. The molecule has 2 N–H and O–H groups in total. The number of benzene rings is 1. The number of hydrogen-bond acceptors (Lipinski definition) is 2. The van der Waals surface area contributed by atoms with Crippen molar-refractivity contribution in [3.05, 3.63) is 36.0 Å². The zero-order valence-electron chi connectivity index (χ0n) is 11.7. The van der Waals surface area contributed by atoms with E-state index in [0.717, 1.165) is 29.4 Å². The van der Waals surface area contributed by atoms with E-state index in [0.29, 0.717) is 13.0 Å². The summed E-state index contributed by atoms with van der Waals surface area (Å²) >= 11 is 0. The molecule has 1 amide bonds. The van der Waals surface area contributed by atoms with Gasteiger partial charge in [-0.15, -0.1) is 0 Å². The standard InChI is InChI=1S/C16H20N2O2/c1-11(19)12-6-7-18(10-12)16(20)8-13-9-17-15-5-3-2-4-14(13)15/h2-5,9,11-12,17,19H,6-8,10H2,1H3. The number of amides is 1. The lowest BCUT2D eigenvalue weighted by Gasteiger charge is -2.17. The third-order valence-corrected chi connectivity index (χ3v) is 4.28. The van der Waals surface area contributed by atoms with Crippen LogP contribution in [0.4, 0.5) is 0 Å². The minimum absolute atomic E-state index is 0.151. The first-order chi connectivity index (χ1) is 9.65. The molecule has 2 aromatic rings. The van der Waals surface area contributed by atoms with Crippen LogP contribution >= 0.6 is 0 Å². The van der Waals surface area contributed by atoms with E-state index in [1.807, 2.05) is 35.4 Å². The molecule has 1 fully saturated rings. The molecule has 1 aliphatic rings. The quantitative estimate of drug-likeness (QED) is 0.897. The number of H-pyrrole nitrogens is 1. The maximum atomic E-state index is 12.4. The lowest BCUT2D eigenvalue weighted by atomic mass is 10.0. The fourth-order valence-electron chi connectivity index (χ4n) is 2.96. The predicted octanol–water partition coefficient (Wildman–Crippen LogP) is 1.94. The molecular formula is C16H20N2O2. The van der Waals surface area contributed by atoms with Gasteiger partial charge in [-0.05, 0) is 25.0 Å². The smallest absolute Gasteiger partial charge is 0.227 e. The topological polar surface area (TPSA) is 56.3 Å². The Morgan fingerprint density at radius 3 is 3.05 bits per heavy atom. The number of rotatable bonds is 3. The lowest BCUT2D eigenvalue weighted by Crippen LogP contribution is -2.31. The average Bonchev–Trinajstić information content (AvgIpc) is 3.06. The summed E-state index contributed by atoms with van der Waals surface area (Å²) in [7, 11) is 0. The van der Waals surface area contributed by atoms with Crippen LogP contribution in [0.5, 0.6) is 0 Å². The molecule has 106 valence electrons. The van der Waals surface area contributed by atoms with E-state index in [4.69, 9.17) is 0 Å². The number of carbonyl (C=O) groups is 1. The summed E-state index contributed by atoms with van der Waals surface area (Å²) in [6, 6.07) is 8.03. The van der Waals surface area contributed by atoms with Gasteiger partial charge in [-0.25, -0.2) is 0 Å². The average molecular weight is 272 g/mol. The highest BCUT2D eigenvalue weighted by Gasteiger charge is 2.29. The van der Waals surface area contributed by atoms with Gasteiger partial charge in [-0.3, -0.25) is 4.79 Å². The van der Waals surface area contributed by atoms with Crippen LogP contribution in [0.1, 0.15) is 18.9 Å². The van der Waals surface area contributed by atoms with Gasteiger partial charge in [0.15, 0.2) is 0 Å². The molecule has 2 heterocycles. The van der Waals surface area contributed by atoms with Crippen LogP contribution in [0.3, 0.4) is 0 Å². The Kier molecular flexibility index (Phi) is 3.49. The van der Waals surface area contributed by atoms with Gasteiger partial charge in [0.25, 0.3) is 0 Å². The summed E-state index contributed by atoms with van der Waals surface area (Å²) in [5.74, 6) is 0.375. The van der Waals surface area contributed by atoms with Gasteiger partial charge in [-0.2, -0.15) is 0 Å². The molecule has 1 aromatic heterocycles. The normalized spacial score (nSPS) is 20.5. The van der Waals surface area contributed by atoms with Crippen LogP contribution in [0.25, 0.3) is 10.9 Å². The third kappa shape index (κ3) is 2.43. The van der Waals surface area contributed by atoms with Gasteiger partial charge in [0, 0.05) is 36.1 Å². The Morgan fingerprint density at radius 2 is 2.30 bits per heavy atom. The maximum Gasteiger partial charge on any atom is 0.227 e. The molecule has 1 saturated heterocycles. The SMILES string of the molecule is CC(O)C1CCN(C(=O)Cc2c[nH]c3ccccc23)C1. The van der Waals surface area contributed by atoms with E-state index in [1.165, 1.54) is 0 Å². The van der Waals surface area contributed by atoms with Crippen molar-refractivity contribution in [3.63, 3.8) is 0 Å². The molecule has 3 rings (SSSR count). The fraction of sp³-hybridized carbons (Fsp3) is 0.438. The highest BCUT2D eigenvalue weighted by Crippen LogP contribution is 2.22. The second-order valence-electron chi connectivity index (χ2n) is 5.67. The van der Waals surface area contributed by atoms with Crippen LogP contribution < -0.4 is 0 Å². The molecule has 0 bridgehead atoms. The van der Waals surface area contributed by atoms with Crippen LogP contribution in [0.15, 0.2) is 30.5 Å². The van der Waals surface area contributed by atoms with Gasteiger partial charge in [-0.1, -0.05) is 18.2 Å². The Morgan fingerprint density at radius 1 is 1.50 bits per heavy atom. The molecule has 1 aromatic carbocycles. The molecule has 2 atom stereocenters. The zero-order chi connectivity index (χ0) is 14.1. The monoisotopic (exact) mass is 272 g/mol. The summed E-state index contributed by atoms with van der Waals surface area (Å²) in [6.45, 7) is 3.24. The largest absolute Gasteiger partial charge is 0.393 e. The minimum Gasteiger partial charge on any atom is -0.393 e. The van der Waals surface area contributed by atoms with Gasteiger partial charge < -0.3 is 15.0 Å². The van der Waals surface area contributed by atoms with Gasteiger partial charge >= 0.3 is 0 Å². The summed E-state index contributed by atoms with van der Waals surface area (Å²) in [6.07, 6.45) is 2.92. The number of para-hydroxylation sites is 1. The van der Waals surface area contributed by atoms with Crippen molar-refractivity contribution >= 4 is 16.8 Å². The first-order valence-corrected chi connectivity index (χ1v) is 7.16. The molecule has 4 heteroatoms. The molecule has 0 radical (unpaired) electrons. The number of aromatic nitrogens is 1. The predicted molar refractivity (Wildman–Crippen MR) is 78.4 cm³/mol. The van der Waals surface area contributed by atoms with E-state index >= 15 is 0 Å². The molecule has 4 nitrogen and oxygen atoms in total. The number of aromatic amines is 1. The second-order valence-corrected chi connectivity index (χ2v) is 5.67. The van der Waals surface area contributed by atoms with E-state index in [-0.39, 0.29) is 17.9 Å². The Labute approximate surface area is 118 Å². The number of nitrogens with zero attached hydrogens (tertiary/aromatic N) is 1.